The fraction of sp³-hybridized carbons (Fsp3) is 0.417. The summed E-state index contributed by atoms with van der Waals surface area (Å²) in [7, 11) is 0. The summed E-state index contributed by atoms with van der Waals surface area (Å²) in [6.07, 6.45) is 0. The first-order valence-electron chi connectivity index (χ1n) is 6.00. The number of benzene rings is 1. The van der Waals surface area contributed by atoms with Crippen LogP contribution in [0.15, 0.2) is 18.2 Å². The number of nitrogens with one attached hydrogen (secondary N) is 1. The van der Waals surface area contributed by atoms with Gasteiger partial charge in [-0.1, -0.05) is 37.0 Å². The zero-order valence-corrected chi connectivity index (χ0v) is 12.3. The minimum atomic E-state index is 0.555. The third kappa shape index (κ3) is 3.89. The van der Waals surface area contributed by atoms with E-state index in [0.29, 0.717) is 22.5 Å². The van der Waals surface area contributed by atoms with Crippen LogP contribution in [0.4, 0.5) is 0 Å². The third-order valence-electron chi connectivity index (χ3n) is 2.46. The van der Waals surface area contributed by atoms with Crippen LogP contribution in [0.2, 0.25) is 10.0 Å². The molecular formula is C12H15Cl2N5. The van der Waals surface area contributed by atoms with Crippen LogP contribution >= 0.6 is 23.2 Å². The highest BCUT2D eigenvalue weighted by Gasteiger charge is 2.09. The maximum atomic E-state index is 5.98. The highest BCUT2D eigenvalue weighted by Crippen LogP contribution is 2.21. The lowest BCUT2D eigenvalue weighted by Gasteiger charge is -2.08. The molecule has 0 fully saturated rings. The van der Waals surface area contributed by atoms with Crippen molar-refractivity contribution in [2.75, 3.05) is 6.54 Å². The van der Waals surface area contributed by atoms with Gasteiger partial charge in [0.25, 0.3) is 0 Å². The summed E-state index contributed by atoms with van der Waals surface area (Å²) in [5, 5.41) is 16.1. The number of aromatic nitrogens is 4. The molecule has 1 aromatic carbocycles. The smallest absolute Gasteiger partial charge is 0.170 e. The lowest BCUT2D eigenvalue weighted by Crippen LogP contribution is -2.21. The van der Waals surface area contributed by atoms with Gasteiger partial charge in [0.1, 0.15) is 0 Å². The lowest BCUT2D eigenvalue weighted by molar-refractivity contribution is 0.538. The molecular weight excluding hydrogens is 285 g/mol. The van der Waals surface area contributed by atoms with Crippen LogP contribution < -0.4 is 5.32 Å². The summed E-state index contributed by atoms with van der Waals surface area (Å²) in [6, 6.07) is 5.22. The second kappa shape index (κ2) is 6.32. The normalized spacial score (nSPS) is 11.2. The summed E-state index contributed by atoms with van der Waals surface area (Å²) in [4.78, 5) is 0. The van der Waals surface area contributed by atoms with Crippen LogP contribution in [0, 0.1) is 5.92 Å². The molecule has 0 atom stereocenters. The molecule has 0 aliphatic rings. The first-order valence-corrected chi connectivity index (χ1v) is 6.76. The summed E-state index contributed by atoms with van der Waals surface area (Å²) in [5.41, 5.74) is 0.754. The molecule has 0 aliphatic heterocycles. The molecule has 2 aromatic rings. The van der Waals surface area contributed by atoms with Gasteiger partial charge in [0.15, 0.2) is 5.82 Å². The Balaban J connectivity index is 2.18. The highest BCUT2D eigenvalue weighted by molar-refractivity contribution is 6.34. The number of halogens is 2. The first-order chi connectivity index (χ1) is 9.06. The van der Waals surface area contributed by atoms with Crippen molar-refractivity contribution in [2.45, 2.75) is 20.4 Å². The molecule has 1 aromatic heterocycles. The van der Waals surface area contributed by atoms with E-state index in [1.807, 2.05) is 0 Å². The van der Waals surface area contributed by atoms with Gasteiger partial charge < -0.3 is 5.32 Å². The van der Waals surface area contributed by atoms with Gasteiger partial charge in [-0.25, -0.2) is 0 Å². The molecule has 0 saturated heterocycles. The first kappa shape index (κ1) is 14.2. The Labute approximate surface area is 121 Å². The van der Waals surface area contributed by atoms with E-state index in [9.17, 15) is 0 Å². The summed E-state index contributed by atoms with van der Waals surface area (Å²) in [5.74, 6) is 1.30. The Hall–Kier alpha value is -1.17. The molecule has 0 unspecified atom stereocenters. The fourth-order valence-corrected chi connectivity index (χ4v) is 2.17. The van der Waals surface area contributed by atoms with Crippen molar-refractivity contribution in [1.29, 1.82) is 0 Å². The number of nitrogens with zero attached hydrogens (tertiary/aromatic N) is 4. The van der Waals surface area contributed by atoms with Crippen LogP contribution in [0.25, 0.3) is 5.69 Å². The standard InChI is InChI=1S/C12H15Cl2N5/c1-8(2)6-15-7-12-16-17-18-19(12)11-4-9(13)3-10(14)5-11/h3-5,8,15H,6-7H2,1-2H3. The highest BCUT2D eigenvalue weighted by atomic mass is 35.5. The van der Waals surface area contributed by atoms with E-state index in [0.717, 1.165) is 18.1 Å². The van der Waals surface area contributed by atoms with Crippen molar-refractivity contribution in [3.63, 3.8) is 0 Å². The number of hydrogen-bond acceptors (Lipinski definition) is 4. The van der Waals surface area contributed by atoms with Crippen LogP contribution in [0.1, 0.15) is 19.7 Å². The predicted molar refractivity (Wildman–Crippen MR) is 75.7 cm³/mol. The van der Waals surface area contributed by atoms with Crippen molar-refractivity contribution in [3.8, 4) is 5.69 Å². The lowest BCUT2D eigenvalue weighted by atomic mass is 10.2. The summed E-state index contributed by atoms with van der Waals surface area (Å²) in [6.45, 7) is 5.79. The average Bonchev–Trinajstić information content (AvgIpc) is 2.75. The van der Waals surface area contributed by atoms with Crippen molar-refractivity contribution in [3.05, 3.63) is 34.1 Å². The molecule has 0 aliphatic carbocycles. The maximum absolute atomic E-state index is 5.98. The van der Waals surface area contributed by atoms with Crippen molar-refractivity contribution >= 4 is 23.2 Å². The SMILES string of the molecule is CC(C)CNCc1nnnn1-c1cc(Cl)cc(Cl)c1. The second-order valence-corrected chi connectivity index (χ2v) is 5.53. The van der Waals surface area contributed by atoms with E-state index in [2.05, 4.69) is 34.7 Å². The van der Waals surface area contributed by atoms with Crippen LogP contribution in [-0.4, -0.2) is 26.8 Å². The van der Waals surface area contributed by atoms with Crippen molar-refractivity contribution < 1.29 is 0 Å². The summed E-state index contributed by atoms with van der Waals surface area (Å²) >= 11 is 12.0. The van der Waals surface area contributed by atoms with E-state index in [1.165, 1.54) is 0 Å². The Morgan fingerprint density at radius 3 is 2.53 bits per heavy atom. The summed E-state index contributed by atoms with van der Waals surface area (Å²) < 4.78 is 1.63. The molecule has 5 nitrogen and oxygen atoms in total. The Kier molecular flexibility index (Phi) is 4.74. The van der Waals surface area contributed by atoms with Gasteiger partial charge in [0.2, 0.25) is 0 Å². The fourth-order valence-electron chi connectivity index (χ4n) is 1.65. The molecule has 0 amide bonds. The van der Waals surface area contributed by atoms with E-state index in [1.54, 1.807) is 22.9 Å². The van der Waals surface area contributed by atoms with Gasteiger partial charge >= 0.3 is 0 Å². The number of hydrogen-bond donors (Lipinski definition) is 1. The average molecular weight is 300 g/mol. The molecule has 0 spiro atoms. The molecule has 0 saturated carbocycles. The van der Waals surface area contributed by atoms with E-state index < -0.39 is 0 Å². The minimum Gasteiger partial charge on any atom is -0.310 e. The zero-order chi connectivity index (χ0) is 13.8. The molecule has 102 valence electrons. The maximum Gasteiger partial charge on any atom is 0.170 e. The largest absolute Gasteiger partial charge is 0.310 e. The van der Waals surface area contributed by atoms with Crippen molar-refractivity contribution in [2.24, 2.45) is 5.92 Å². The molecule has 0 bridgehead atoms. The predicted octanol–water partition coefficient (Wildman–Crippen LogP) is 2.71. The van der Waals surface area contributed by atoms with Gasteiger partial charge in [-0.05, 0) is 41.1 Å². The van der Waals surface area contributed by atoms with Crippen molar-refractivity contribution in [1.82, 2.24) is 25.5 Å². The van der Waals surface area contributed by atoms with E-state index >= 15 is 0 Å². The van der Waals surface area contributed by atoms with Gasteiger partial charge in [-0.2, -0.15) is 4.68 Å². The minimum absolute atomic E-state index is 0.555. The van der Waals surface area contributed by atoms with Gasteiger partial charge in [-0.3, -0.25) is 0 Å². The van der Waals surface area contributed by atoms with Gasteiger partial charge in [0, 0.05) is 10.0 Å². The third-order valence-corrected chi connectivity index (χ3v) is 2.90. The van der Waals surface area contributed by atoms with Crippen LogP contribution in [-0.2, 0) is 6.54 Å². The van der Waals surface area contributed by atoms with Crippen LogP contribution in [0.3, 0.4) is 0 Å². The number of tetrazole rings is 1. The number of rotatable bonds is 5. The van der Waals surface area contributed by atoms with Gasteiger partial charge in [0.05, 0.1) is 12.2 Å². The molecule has 19 heavy (non-hydrogen) atoms. The Morgan fingerprint density at radius 2 is 1.89 bits per heavy atom. The Bertz CT molecular complexity index is 533. The topological polar surface area (TPSA) is 55.6 Å². The quantitative estimate of drug-likeness (QED) is 0.922. The molecule has 2 rings (SSSR count). The molecule has 1 N–H and O–H groups in total. The van der Waals surface area contributed by atoms with E-state index in [-0.39, 0.29) is 0 Å². The second-order valence-electron chi connectivity index (χ2n) is 4.66. The Morgan fingerprint density at radius 1 is 1.21 bits per heavy atom. The molecule has 7 heteroatoms. The zero-order valence-electron chi connectivity index (χ0n) is 10.8. The van der Waals surface area contributed by atoms with E-state index in [4.69, 9.17) is 23.2 Å². The molecule has 1 heterocycles. The monoisotopic (exact) mass is 299 g/mol. The van der Waals surface area contributed by atoms with Gasteiger partial charge in [-0.15, -0.1) is 5.10 Å². The molecule has 0 radical (unpaired) electrons. The van der Waals surface area contributed by atoms with Crippen LogP contribution in [0.5, 0.6) is 0 Å².